The van der Waals surface area contributed by atoms with E-state index in [0.29, 0.717) is 19.3 Å². The monoisotopic (exact) mass is 1050 g/mol. The maximum atomic E-state index is 13.1. The van der Waals surface area contributed by atoms with Gasteiger partial charge < -0.3 is 39.0 Å². The van der Waals surface area contributed by atoms with Crippen molar-refractivity contribution in [1.29, 1.82) is 0 Å². The summed E-state index contributed by atoms with van der Waals surface area (Å²) in [7, 11) is 0. The van der Waals surface area contributed by atoms with Gasteiger partial charge in [0, 0.05) is 19.3 Å². The first-order valence-corrected chi connectivity index (χ1v) is 29.6. The van der Waals surface area contributed by atoms with Crippen molar-refractivity contribution in [3.8, 4) is 0 Å². The molecule has 0 amide bonds. The summed E-state index contributed by atoms with van der Waals surface area (Å²) in [6.07, 6.45) is 52.6. The van der Waals surface area contributed by atoms with Crippen LogP contribution in [0, 0.1) is 0 Å². The van der Waals surface area contributed by atoms with Crippen molar-refractivity contribution < 1.29 is 58.2 Å². The molecule has 0 aromatic rings. The van der Waals surface area contributed by atoms with Gasteiger partial charge in [-0.2, -0.15) is 0 Å². The fraction of sp³-hybridized carbons (Fsp3) is 0.714. The second-order valence-corrected chi connectivity index (χ2v) is 19.9. The summed E-state index contributed by atoms with van der Waals surface area (Å²) in [4.78, 5) is 51.1. The molecule has 6 unspecified atom stereocenters. The van der Waals surface area contributed by atoms with Crippen LogP contribution in [0.2, 0.25) is 0 Å². The molecule has 3 N–H and O–H groups in total. The lowest BCUT2D eigenvalue weighted by Crippen LogP contribution is -2.61. The molecule has 1 rings (SSSR count). The minimum atomic E-state index is -1.91. The Morgan fingerprint density at radius 3 is 1.28 bits per heavy atom. The summed E-state index contributed by atoms with van der Waals surface area (Å²) in [6, 6.07) is 0. The third kappa shape index (κ3) is 40.8. The van der Waals surface area contributed by atoms with Crippen LogP contribution in [0.3, 0.4) is 0 Å². The minimum absolute atomic E-state index is 0.0381. The molecule has 428 valence electrons. The number of carbonyl (C=O) groups excluding carboxylic acids is 3. The van der Waals surface area contributed by atoms with Crippen LogP contribution < -0.4 is 0 Å². The molecule has 0 spiro atoms. The smallest absolute Gasteiger partial charge is 0.335 e. The summed E-state index contributed by atoms with van der Waals surface area (Å²) in [5, 5.41) is 31.5. The Kier molecular flexibility index (Phi) is 46.6. The Balaban J connectivity index is 2.73. The van der Waals surface area contributed by atoms with Crippen LogP contribution in [-0.2, 0) is 42.9 Å². The van der Waals surface area contributed by atoms with Crippen LogP contribution in [-0.4, -0.2) is 89.2 Å². The third-order valence-corrected chi connectivity index (χ3v) is 12.9. The van der Waals surface area contributed by atoms with Crippen LogP contribution >= 0.6 is 0 Å². The quantitative estimate of drug-likeness (QED) is 0.0228. The standard InChI is InChI=1S/C63H104O12/c1-4-7-10-13-16-19-22-25-28-31-34-37-40-43-46-49-55(64)71-52-54(73-56(65)50-47-44-41-38-35-32-29-26-23-20-17-14-11-8-5-2)53-72-63-61(59(68)58(67)60(75-63)62(69)70)74-57(66)51-48-45-42-39-36-33-30-27-24-21-18-15-12-9-6-3/h7,10,16-21,25-30,54,58-61,63,67-68H,4-6,8-9,11-15,22-24,31-53H2,1-3H3,(H,69,70)/b10-7-,19-16-,20-17-,21-18-,28-25-,29-26-,30-27-. The van der Waals surface area contributed by atoms with Gasteiger partial charge in [-0.1, -0.05) is 189 Å². The number of hydrogen-bond donors (Lipinski definition) is 3. The van der Waals surface area contributed by atoms with E-state index in [1.54, 1.807) is 0 Å². The average molecular weight is 1050 g/mol. The first kappa shape index (κ1) is 68.9. The van der Waals surface area contributed by atoms with E-state index in [2.05, 4.69) is 106 Å². The molecule has 0 saturated carbocycles. The molecule has 0 bridgehead atoms. The number of aliphatic carboxylic acids is 1. The molecule has 1 heterocycles. The lowest BCUT2D eigenvalue weighted by atomic mass is 9.98. The van der Waals surface area contributed by atoms with E-state index >= 15 is 0 Å². The Bertz CT molecular complexity index is 1630. The number of ether oxygens (including phenoxy) is 5. The number of rotatable bonds is 49. The predicted octanol–water partition coefficient (Wildman–Crippen LogP) is 15.1. The Morgan fingerprint density at radius 1 is 0.453 bits per heavy atom. The highest BCUT2D eigenvalue weighted by Gasteiger charge is 2.50. The van der Waals surface area contributed by atoms with E-state index in [1.165, 1.54) is 38.5 Å². The van der Waals surface area contributed by atoms with E-state index in [4.69, 9.17) is 23.7 Å². The summed E-state index contributed by atoms with van der Waals surface area (Å²) in [5.41, 5.74) is 0. The number of esters is 3. The highest BCUT2D eigenvalue weighted by molar-refractivity contribution is 5.74. The van der Waals surface area contributed by atoms with Crippen molar-refractivity contribution in [2.24, 2.45) is 0 Å². The van der Waals surface area contributed by atoms with Crippen molar-refractivity contribution in [3.05, 3.63) is 85.1 Å². The number of unbranched alkanes of at least 4 members (excludes halogenated alkanes) is 21. The summed E-state index contributed by atoms with van der Waals surface area (Å²) < 4.78 is 28.4. The van der Waals surface area contributed by atoms with Gasteiger partial charge in [-0.25, -0.2) is 4.79 Å². The molecule has 1 fully saturated rings. The van der Waals surface area contributed by atoms with Gasteiger partial charge in [0.1, 0.15) is 18.8 Å². The highest BCUT2D eigenvalue weighted by Crippen LogP contribution is 2.26. The van der Waals surface area contributed by atoms with Gasteiger partial charge in [0.05, 0.1) is 6.61 Å². The molecule has 1 aliphatic rings. The van der Waals surface area contributed by atoms with E-state index < -0.39 is 67.3 Å². The number of aliphatic hydroxyl groups excluding tert-OH is 2. The highest BCUT2D eigenvalue weighted by atomic mass is 16.7. The molecule has 75 heavy (non-hydrogen) atoms. The Morgan fingerprint density at radius 2 is 0.840 bits per heavy atom. The second kappa shape index (κ2) is 50.7. The van der Waals surface area contributed by atoms with Crippen molar-refractivity contribution in [2.45, 2.75) is 276 Å². The largest absolute Gasteiger partial charge is 0.479 e. The fourth-order valence-corrected chi connectivity index (χ4v) is 8.38. The molecule has 1 saturated heterocycles. The van der Waals surface area contributed by atoms with E-state index in [0.717, 1.165) is 141 Å². The molecule has 0 aliphatic carbocycles. The van der Waals surface area contributed by atoms with Crippen molar-refractivity contribution in [2.75, 3.05) is 13.2 Å². The molecule has 12 nitrogen and oxygen atoms in total. The number of hydrogen-bond acceptors (Lipinski definition) is 11. The normalized spacial score (nSPS) is 18.8. The van der Waals surface area contributed by atoms with Crippen molar-refractivity contribution in [3.63, 3.8) is 0 Å². The summed E-state index contributed by atoms with van der Waals surface area (Å²) >= 11 is 0. The van der Waals surface area contributed by atoms with Gasteiger partial charge in [0.25, 0.3) is 0 Å². The average Bonchev–Trinajstić information content (AvgIpc) is 3.39. The molecule has 0 aromatic carbocycles. The van der Waals surface area contributed by atoms with Gasteiger partial charge in [-0.15, -0.1) is 0 Å². The van der Waals surface area contributed by atoms with Crippen LogP contribution in [0.4, 0.5) is 0 Å². The van der Waals surface area contributed by atoms with Gasteiger partial charge in [-0.05, 0) is 116 Å². The van der Waals surface area contributed by atoms with Gasteiger partial charge in [-0.3, -0.25) is 14.4 Å². The molecule has 12 heteroatoms. The zero-order valence-corrected chi connectivity index (χ0v) is 47.0. The number of aliphatic hydroxyl groups is 2. The second-order valence-electron chi connectivity index (χ2n) is 19.9. The zero-order chi connectivity index (χ0) is 54.7. The van der Waals surface area contributed by atoms with E-state index in [9.17, 15) is 34.5 Å². The van der Waals surface area contributed by atoms with Crippen molar-refractivity contribution >= 4 is 23.9 Å². The first-order chi connectivity index (χ1) is 36.6. The number of carbonyl (C=O) groups is 4. The van der Waals surface area contributed by atoms with Crippen LogP contribution in [0.25, 0.3) is 0 Å². The number of carboxylic acids is 1. The Hall–Kier alpha value is -4.10. The minimum Gasteiger partial charge on any atom is -0.479 e. The zero-order valence-electron chi connectivity index (χ0n) is 47.0. The Labute approximate surface area is 454 Å². The van der Waals surface area contributed by atoms with Crippen LogP contribution in [0.1, 0.15) is 239 Å². The lowest BCUT2D eigenvalue weighted by Gasteiger charge is -2.40. The van der Waals surface area contributed by atoms with Crippen LogP contribution in [0.15, 0.2) is 85.1 Å². The van der Waals surface area contributed by atoms with Gasteiger partial charge in [0.2, 0.25) is 0 Å². The molecule has 1 aliphatic heterocycles. The topological polar surface area (TPSA) is 175 Å². The number of carboxylic acid groups (broad SMARTS) is 1. The lowest BCUT2D eigenvalue weighted by molar-refractivity contribution is -0.301. The summed E-state index contributed by atoms with van der Waals surface area (Å²) in [5.74, 6) is -3.18. The maximum absolute atomic E-state index is 13.1. The molecular formula is C63H104O12. The van der Waals surface area contributed by atoms with Crippen molar-refractivity contribution in [1.82, 2.24) is 0 Å². The molecule has 0 aromatic heterocycles. The molecular weight excluding hydrogens is 949 g/mol. The molecule has 6 atom stereocenters. The summed E-state index contributed by atoms with van der Waals surface area (Å²) in [6.45, 7) is 5.79. The SMILES string of the molecule is CC/C=C\C/C=C\C/C=C\CCCCCCCC(=O)OCC(COC1OC(C(=O)O)C(O)C(O)C1OC(=O)CCCCCCC/C=C\C/C=C\CCCCC)OC(=O)CCCCCCC/C=C\C/C=C\CCCCC. The van der Waals surface area contributed by atoms with E-state index in [-0.39, 0.29) is 25.9 Å². The predicted molar refractivity (Wildman–Crippen MR) is 303 cm³/mol. The molecule has 0 radical (unpaired) electrons. The fourth-order valence-electron chi connectivity index (χ4n) is 8.38. The van der Waals surface area contributed by atoms with Crippen LogP contribution in [0.5, 0.6) is 0 Å². The first-order valence-electron chi connectivity index (χ1n) is 29.6. The third-order valence-electron chi connectivity index (χ3n) is 12.9. The van der Waals surface area contributed by atoms with Gasteiger partial charge in [0.15, 0.2) is 24.6 Å². The maximum Gasteiger partial charge on any atom is 0.335 e. The van der Waals surface area contributed by atoms with E-state index in [1.807, 2.05) is 0 Å². The van der Waals surface area contributed by atoms with Gasteiger partial charge >= 0.3 is 23.9 Å². The number of allylic oxidation sites excluding steroid dienone is 14.